The van der Waals surface area contributed by atoms with E-state index in [0.29, 0.717) is 0 Å². The van der Waals surface area contributed by atoms with Crippen LogP contribution >= 0.6 is 0 Å². The zero-order valence-corrected chi connectivity index (χ0v) is 34.1. The van der Waals surface area contributed by atoms with E-state index in [0.717, 1.165) is 48.9 Å². The Morgan fingerprint density at radius 1 is 0.468 bits per heavy atom. The molecule has 0 amide bonds. The molecular formula is C40H47MoO3Si3. The van der Waals surface area contributed by atoms with Crippen LogP contribution in [0.3, 0.4) is 0 Å². The molecule has 3 nitrogen and oxygen atoms in total. The van der Waals surface area contributed by atoms with Crippen molar-refractivity contribution in [2.75, 3.05) is 0 Å². The molecule has 243 valence electrons. The SMILES string of the molecule is C[Si](C)(O)c1ccccc1-c1cc(-c2ccccc2[Si](C)(C)O)cc(-c2ccccc2[Si](C)(C)O)c1.Cc1cc(C)c([C]#[Mo])c(C)c1. The van der Waals surface area contributed by atoms with Crippen LogP contribution in [0.2, 0.25) is 39.3 Å². The fourth-order valence-electron chi connectivity index (χ4n) is 6.24. The van der Waals surface area contributed by atoms with Gasteiger partial charge in [-0.25, -0.2) is 0 Å². The van der Waals surface area contributed by atoms with E-state index in [1.165, 1.54) is 22.3 Å². The van der Waals surface area contributed by atoms with Crippen molar-refractivity contribution in [3.8, 4) is 37.6 Å². The summed E-state index contributed by atoms with van der Waals surface area (Å²) < 4.78 is 3.20. The molecule has 0 saturated heterocycles. The van der Waals surface area contributed by atoms with Gasteiger partial charge in [-0.2, -0.15) is 0 Å². The van der Waals surface area contributed by atoms with Gasteiger partial charge in [0.2, 0.25) is 25.0 Å². The van der Waals surface area contributed by atoms with E-state index in [1.54, 1.807) is 0 Å². The van der Waals surface area contributed by atoms with Gasteiger partial charge in [-0.1, -0.05) is 72.8 Å². The Kier molecular flexibility index (Phi) is 11.5. The van der Waals surface area contributed by atoms with Crippen molar-refractivity contribution in [2.45, 2.75) is 60.1 Å². The third kappa shape index (κ3) is 8.97. The van der Waals surface area contributed by atoms with Crippen molar-refractivity contribution in [1.82, 2.24) is 0 Å². The molecule has 7 heteroatoms. The van der Waals surface area contributed by atoms with Crippen molar-refractivity contribution < 1.29 is 33.5 Å². The minimum absolute atomic E-state index is 0.989. The van der Waals surface area contributed by atoms with Gasteiger partial charge in [0.1, 0.15) is 0 Å². The molecule has 0 unspecified atom stereocenters. The van der Waals surface area contributed by atoms with Crippen LogP contribution in [-0.2, 0) is 19.2 Å². The van der Waals surface area contributed by atoms with Crippen molar-refractivity contribution >= 4 is 40.5 Å². The molecule has 3 N–H and O–H groups in total. The summed E-state index contributed by atoms with van der Waals surface area (Å²) in [6.45, 7) is 18.1. The van der Waals surface area contributed by atoms with E-state index in [9.17, 15) is 14.4 Å². The van der Waals surface area contributed by atoms with Gasteiger partial charge in [0.25, 0.3) is 0 Å². The second-order valence-electron chi connectivity index (χ2n) is 14.0. The number of aryl methyl sites for hydroxylation is 3. The molecule has 0 radical (unpaired) electrons. The van der Waals surface area contributed by atoms with E-state index in [4.69, 9.17) is 0 Å². The van der Waals surface area contributed by atoms with Crippen LogP contribution in [0.5, 0.6) is 0 Å². The molecule has 0 bridgehead atoms. The molecule has 0 aliphatic heterocycles. The second-order valence-corrected chi connectivity index (χ2v) is 25.5. The molecule has 0 fully saturated rings. The van der Waals surface area contributed by atoms with Crippen LogP contribution in [0.4, 0.5) is 0 Å². The van der Waals surface area contributed by atoms with Gasteiger partial charge in [-0.05, 0) is 106 Å². The molecule has 0 atom stereocenters. The zero-order valence-electron chi connectivity index (χ0n) is 29.1. The summed E-state index contributed by atoms with van der Waals surface area (Å²) in [6, 6.07) is 35.2. The normalized spacial score (nSPS) is 11.8. The zero-order chi connectivity index (χ0) is 34.7. The molecule has 5 rings (SSSR count). The summed E-state index contributed by atoms with van der Waals surface area (Å²) in [5.74, 6) is 0. The average Bonchev–Trinajstić information content (AvgIpc) is 3.00. The van der Waals surface area contributed by atoms with Gasteiger partial charge >= 0.3 is 78.5 Å². The fourth-order valence-corrected chi connectivity index (χ4v) is 11.2. The Bertz CT molecular complexity index is 1740. The van der Waals surface area contributed by atoms with Crippen molar-refractivity contribution in [1.29, 1.82) is 0 Å². The molecule has 0 aliphatic carbocycles. The standard InChI is InChI=1S/C30H36O3Si3.C10H11.Mo/c1-34(2,31)28-16-10-7-13-25(28)22-19-23(26-14-8-11-17-29(26)35(3,4)32)21-24(20-22)27-15-9-12-18-30(27)36(5,6)33;1-7-5-8(2)10(4)9(3)6-7;/h7-21,31-33H,1-6H3;5-6H,1-3H3;. The Labute approximate surface area is 295 Å². The number of rotatable bonds is 6. The number of hydrogen-bond donors (Lipinski definition) is 3. The predicted molar refractivity (Wildman–Crippen MR) is 204 cm³/mol. The third-order valence-electron chi connectivity index (χ3n) is 8.40. The van der Waals surface area contributed by atoms with Gasteiger partial charge in [0, 0.05) is 0 Å². The minimum atomic E-state index is -2.60. The molecule has 0 aliphatic rings. The molecule has 0 aromatic heterocycles. The molecule has 0 heterocycles. The summed E-state index contributed by atoms with van der Waals surface area (Å²) in [4.78, 5) is 33.3. The van der Waals surface area contributed by atoms with Crippen molar-refractivity contribution in [2.24, 2.45) is 0 Å². The van der Waals surface area contributed by atoms with Crippen LogP contribution < -0.4 is 15.6 Å². The summed E-state index contributed by atoms with van der Waals surface area (Å²) in [5, 5.41) is 2.97. The Balaban J connectivity index is 0.000000385. The van der Waals surface area contributed by atoms with E-state index in [1.807, 2.05) is 113 Å². The van der Waals surface area contributed by atoms with Gasteiger partial charge in [0.15, 0.2) is 0 Å². The van der Waals surface area contributed by atoms with Crippen molar-refractivity contribution in [3.05, 3.63) is 125 Å². The van der Waals surface area contributed by atoms with E-state index < -0.39 is 25.0 Å². The first-order valence-electron chi connectivity index (χ1n) is 16.0. The quantitative estimate of drug-likeness (QED) is 0.159. The summed E-state index contributed by atoms with van der Waals surface area (Å²) in [6.07, 6.45) is 0. The number of hydrogen-bond acceptors (Lipinski definition) is 3. The van der Waals surface area contributed by atoms with Crippen LogP contribution in [0.15, 0.2) is 103 Å². The fraction of sp³-hybridized carbons (Fsp3) is 0.225. The molecule has 0 spiro atoms. The first-order valence-corrected chi connectivity index (χ1v) is 25.8. The van der Waals surface area contributed by atoms with Gasteiger partial charge < -0.3 is 14.4 Å². The van der Waals surface area contributed by atoms with Crippen LogP contribution in [0, 0.1) is 25.0 Å². The van der Waals surface area contributed by atoms with Crippen LogP contribution in [-0.4, -0.2) is 39.3 Å². The maximum absolute atomic E-state index is 11.1. The topological polar surface area (TPSA) is 60.7 Å². The van der Waals surface area contributed by atoms with Gasteiger partial charge in [0.05, 0.1) is 0 Å². The second kappa shape index (κ2) is 14.7. The Morgan fingerprint density at radius 2 is 0.745 bits per heavy atom. The first-order chi connectivity index (χ1) is 21.9. The summed E-state index contributed by atoms with van der Waals surface area (Å²) in [5.41, 5.74) is 11.4. The predicted octanol–water partition coefficient (Wildman–Crippen LogP) is 7.37. The van der Waals surface area contributed by atoms with E-state index in [-0.39, 0.29) is 0 Å². The first kappa shape index (κ1) is 36.9. The van der Waals surface area contributed by atoms with Crippen LogP contribution in [0.1, 0.15) is 22.3 Å². The molecule has 0 saturated carbocycles. The molecule has 47 heavy (non-hydrogen) atoms. The third-order valence-corrected chi connectivity index (χ3v) is 14.2. The maximum atomic E-state index is 11.1. The molecule has 5 aromatic rings. The van der Waals surface area contributed by atoms with E-state index >= 15 is 0 Å². The van der Waals surface area contributed by atoms with Crippen LogP contribution in [0.25, 0.3) is 33.4 Å². The monoisotopic (exact) mass is 757 g/mol. The summed E-state index contributed by atoms with van der Waals surface area (Å²) in [7, 11) is -7.81. The van der Waals surface area contributed by atoms with E-state index in [2.05, 4.69) is 73.5 Å². The van der Waals surface area contributed by atoms with Crippen molar-refractivity contribution in [3.63, 3.8) is 0 Å². The van der Waals surface area contributed by atoms with Gasteiger partial charge in [-0.15, -0.1) is 0 Å². The molecular weight excluding hydrogens is 709 g/mol. The Hall–Kier alpha value is -2.90. The Morgan fingerprint density at radius 3 is 1.00 bits per heavy atom. The summed E-state index contributed by atoms with van der Waals surface area (Å²) >= 11 is 1.90. The average molecular weight is 756 g/mol. The van der Waals surface area contributed by atoms with Gasteiger partial charge in [-0.3, -0.25) is 0 Å². The molecule has 5 aromatic carbocycles. The number of benzene rings is 5.